The van der Waals surface area contributed by atoms with Gasteiger partial charge in [0.25, 0.3) is 5.91 Å². The minimum absolute atomic E-state index is 0.0173. The summed E-state index contributed by atoms with van der Waals surface area (Å²) >= 11 is 0. The first-order valence-electron chi connectivity index (χ1n) is 6.92. The number of aryl methyl sites for hydroxylation is 1. The van der Waals surface area contributed by atoms with Crippen LogP contribution in [0, 0.1) is 5.82 Å². The lowest BCUT2D eigenvalue weighted by Gasteiger charge is -2.36. The summed E-state index contributed by atoms with van der Waals surface area (Å²) in [5.41, 5.74) is 1.20. The molecule has 0 radical (unpaired) electrons. The van der Waals surface area contributed by atoms with E-state index in [4.69, 9.17) is 0 Å². The van der Waals surface area contributed by atoms with Crippen molar-refractivity contribution in [2.45, 2.75) is 0 Å². The third-order valence-electron chi connectivity index (χ3n) is 3.71. The highest BCUT2D eigenvalue weighted by Gasteiger charge is 2.24. The first-order chi connectivity index (χ1) is 10.1. The van der Waals surface area contributed by atoms with Crippen LogP contribution < -0.4 is 4.90 Å². The van der Waals surface area contributed by atoms with E-state index < -0.39 is 0 Å². The van der Waals surface area contributed by atoms with E-state index in [1.165, 1.54) is 6.07 Å². The molecule has 0 bridgehead atoms. The van der Waals surface area contributed by atoms with E-state index in [2.05, 4.69) is 5.10 Å². The summed E-state index contributed by atoms with van der Waals surface area (Å²) in [6.07, 6.45) is 3.29. The minimum Gasteiger partial charge on any atom is -0.366 e. The summed E-state index contributed by atoms with van der Waals surface area (Å²) in [7, 11) is 1.78. The fraction of sp³-hybridized carbons (Fsp3) is 0.333. The van der Waals surface area contributed by atoms with Crippen LogP contribution in [0.25, 0.3) is 0 Å². The average Bonchev–Trinajstić information content (AvgIpc) is 2.94. The summed E-state index contributed by atoms with van der Waals surface area (Å²) in [4.78, 5) is 16.1. The molecule has 0 aliphatic carbocycles. The molecule has 3 rings (SSSR count). The van der Waals surface area contributed by atoms with Gasteiger partial charge in [-0.1, -0.05) is 12.1 Å². The Labute approximate surface area is 122 Å². The van der Waals surface area contributed by atoms with Gasteiger partial charge >= 0.3 is 0 Å². The molecular weight excluding hydrogens is 271 g/mol. The third kappa shape index (κ3) is 2.74. The zero-order valence-electron chi connectivity index (χ0n) is 11.9. The van der Waals surface area contributed by atoms with Gasteiger partial charge in [-0.3, -0.25) is 9.48 Å². The molecule has 5 nitrogen and oxygen atoms in total. The standard InChI is InChI=1S/C15H17FN4O/c1-18-11-12(10-17-18)15(21)20-8-6-19(7-9-20)14-5-3-2-4-13(14)16/h2-5,10-11H,6-9H2,1H3. The van der Waals surface area contributed by atoms with E-state index in [1.807, 2.05) is 11.0 Å². The van der Waals surface area contributed by atoms with Crippen LogP contribution in [-0.4, -0.2) is 46.8 Å². The van der Waals surface area contributed by atoms with Crippen molar-refractivity contribution in [1.29, 1.82) is 0 Å². The van der Waals surface area contributed by atoms with Gasteiger partial charge < -0.3 is 9.80 Å². The number of carbonyl (C=O) groups excluding carboxylic acids is 1. The highest BCUT2D eigenvalue weighted by atomic mass is 19.1. The van der Waals surface area contributed by atoms with E-state index >= 15 is 0 Å². The largest absolute Gasteiger partial charge is 0.366 e. The summed E-state index contributed by atoms with van der Waals surface area (Å²) in [5.74, 6) is -0.235. The van der Waals surface area contributed by atoms with Gasteiger partial charge in [0.05, 0.1) is 17.4 Å². The molecule has 1 aromatic carbocycles. The molecule has 21 heavy (non-hydrogen) atoms. The van der Waals surface area contributed by atoms with E-state index in [0.717, 1.165) is 0 Å². The maximum Gasteiger partial charge on any atom is 0.257 e. The molecule has 6 heteroatoms. The summed E-state index contributed by atoms with van der Waals surface area (Å²) < 4.78 is 15.4. The van der Waals surface area contributed by atoms with Gasteiger partial charge in [0.2, 0.25) is 0 Å². The number of rotatable bonds is 2. The zero-order chi connectivity index (χ0) is 14.8. The Kier molecular flexibility index (Phi) is 3.60. The van der Waals surface area contributed by atoms with Gasteiger partial charge in [-0.2, -0.15) is 5.10 Å². The van der Waals surface area contributed by atoms with Crippen molar-refractivity contribution in [3.63, 3.8) is 0 Å². The normalized spacial score (nSPS) is 15.3. The van der Waals surface area contributed by atoms with Crippen molar-refractivity contribution in [2.24, 2.45) is 7.05 Å². The highest BCUT2D eigenvalue weighted by Crippen LogP contribution is 2.20. The molecule has 0 N–H and O–H groups in total. The molecule has 1 amide bonds. The van der Waals surface area contributed by atoms with Crippen LogP contribution in [-0.2, 0) is 7.05 Å². The number of anilines is 1. The van der Waals surface area contributed by atoms with Gasteiger partial charge in [-0.15, -0.1) is 0 Å². The van der Waals surface area contributed by atoms with Crippen molar-refractivity contribution in [3.8, 4) is 0 Å². The van der Waals surface area contributed by atoms with E-state index in [-0.39, 0.29) is 11.7 Å². The number of nitrogens with zero attached hydrogens (tertiary/aromatic N) is 4. The molecule has 1 saturated heterocycles. The number of hydrogen-bond donors (Lipinski definition) is 0. The topological polar surface area (TPSA) is 41.4 Å². The van der Waals surface area contributed by atoms with Crippen LogP contribution in [0.1, 0.15) is 10.4 Å². The van der Waals surface area contributed by atoms with Gasteiger partial charge in [0.15, 0.2) is 0 Å². The van der Waals surface area contributed by atoms with Crippen molar-refractivity contribution < 1.29 is 9.18 Å². The number of halogens is 1. The van der Waals surface area contributed by atoms with Crippen LogP contribution in [0.2, 0.25) is 0 Å². The van der Waals surface area contributed by atoms with Gasteiger partial charge in [-0.25, -0.2) is 4.39 Å². The van der Waals surface area contributed by atoms with Crippen LogP contribution in [0.5, 0.6) is 0 Å². The number of aromatic nitrogens is 2. The quantitative estimate of drug-likeness (QED) is 0.841. The molecule has 0 atom stereocenters. The second-order valence-electron chi connectivity index (χ2n) is 5.13. The lowest BCUT2D eigenvalue weighted by atomic mass is 10.2. The average molecular weight is 288 g/mol. The van der Waals surface area contributed by atoms with Crippen molar-refractivity contribution in [1.82, 2.24) is 14.7 Å². The molecular formula is C15H17FN4O. The molecule has 0 spiro atoms. The molecule has 2 heterocycles. The second-order valence-corrected chi connectivity index (χ2v) is 5.13. The van der Waals surface area contributed by atoms with E-state index in [1.54, 1.807) is 41.2 Å². The van der Waals surface area contributed by atoms with E-state index in [0.29, 0.717) is 37.4 Å². The number of amides is 1. The number of hydrogen-bond acceptors (Lipinski definition) is 3. The smallest absolute Gasteiger partial charge is 0.257 e. The van der Waals surface area contributed by atoms with E-state index in [9.17, 15) is 9.18 Å². The minimum atomic E-state index is -0.218. The van der Waals surface area contributed by atoms with Gasteiger partial charge in [-0.05, 0) is 12.1 Å². The van der Waals surface area contributed by atoms with Crippen molar-refractivity contribution >= 4 is 11.6 Å². The molecule has 0 unspecified atom stereocenters. The molecule has 1 aromatic heterocycles. The molecule has 2 aromatic rings. The highest BCUT2D eigenvalue weighted by molar-refractivity contribution is 5.93. The predicted octanol–water partition coefficient (Wildman–Crippen LogP) is 1.52. The first-order valence-corrected chi connectivity index (χ1v) is 6.92. The molecule has 1 aliphatic heterocycles. The fourth-order valence-electron chi connectivity index (χ4n) is 2.57. The lowest BCUT2D eigenvalue weighted by Crippen LogP contribution is -2.49. The predicted molar refractivity (Wildman–Crippen MR) is 77.7 cm³/mol. The Morgan fingerprint density at radius 2 is 1.90 bits per heavy atom. The number of para-hydroxylation sites is 1. The third-order valence-corrected chi connectivity index (χ3v) is 3.71. The van der Waals surface area contributed by atoms with Crippen LogP contribution in [0.3, 0.4) is 0 Å². The maximum atomic E-state index is 13.8. The maximum absolute atomic E-state index is 13.8. The summed E-state index contributed by atoms with van der Waals surface area (Å²) in [6, 6.07) is 6.74. The SMILES string of the molecule is Cn1cc(C(=O)N2CCN(c3ccccc3F)CC2)cn1. The molecule has 1 aliphatic rings. The Morgan fingerprint density at radius 3 is 2.52 bits per heavy atom. The zero-order valence-corrected chi connectivity index (χ0v) is 11.9. The number of benzene rings is 1. The van der Waals surface area contributed by atoms with Crippen LogP contribution in [0.15, 0.2) is 36.7 Å². The Hall–Kier alpha value is -2.37. The fourth-order valence-corrected chi connectivity index (χ4v) is 2.57. The summed E-state index contributed by atoms with van der Waals surface area (Å²) in [6.45, 7) is 2.43. The van der Waals surface area contributed by atoms with Crippen LogP contribution >= 0.6 is 0 Å². The Balaban J connectivity index is 1.65. The first kappa shape index (κ1) is 13.6. The number of piperazine rings is 1. The molecule has 1 fully saturated rings. The van der Waals surface area contributed by atoms with Gasteiger partial charge in [0.1, 0.15) is 5.82 Å². The molecule has 0 saturated carbocycles. The van der Waals surface area contributed by atoms with Crippen LogP contribution in [0.4, 0.5) is 10.1 Å². The Morgan fingerprint density at radius 1 is 1.19 bits per heavy atom. The lowest BCUT2D eigenvalue weighted by molar-refractivity contribution is 0.0746. The number of carbonyl (C=O) groups is 1. The second kappa shape index (κ2) is 5.55. The van der Waals surface area contributed by atoms with Crippen molar-refractivity contribution in [3.05, 3.63) is 48.0 Å². The monoisotopic (exact) mass is 288 g/mol. The Bertz CT molecular complexity index is 647. The molecule has 110 valence electrons. The van der Waals surface area contributed by atoms with Gasteiger partial charge in [0, 0.05) is 39.4 Å². The summed E-state index contributed by atoms with van der Waals surface area (Å²) in [5, 5.41) is 4.02. The van der Waals surface area contributed by atoms with Crippen molar-refractivity contribution in [2.75, 3.05) is 31.1 Å².